The van der Waals surface area contributed by atoms with Crippen LogP contribution in [0.5, 0.6) is 0 Å². The number of carboxylic acid groups (broad SMARTS) is 1. The average molecular weight is 486 g/mol. The smallest absolute Gasteiger partial charge is 0.409 e. The number of likely N-dealkylation sites (tertiary alicyclic amines) is 1. The van der Waals surface area contributed by atoms with Crippen LogP contribution in [0.3, 0.4) is 0 Å². The number of hydrogen-bond donors (Lipinski definition) is 2. The van der Waals surface area contributed by atoms with Gasteiger partial charge in [-0.25, -0.2) is 4.79 Å². The Kier molecular flexibility index (Phi) is 8.06. The van der Waals surface area contributed by atoms with E-state index < -0.39 is 6.09 Å². The third kappa shape index (κ3) is 5.60. The molecule has 6 nitrogen and oxygen atoms in total. The number of carbonyl (C=O) groups excluding carboxylic acids is 1. The highest BCUT2D eigenvalue weighted by atomic mass is 16.4. The van der Waals surface area contributed by atoms with Gasteiger partial charge >= 0.3 is 6.09 Å². The molecule has 36 heavy (non-hydrogen) atoms. The standard InChI is InChI=1S/C30H35N3O3/c1-3-33(4-2)28(34)24-11-13-25(14-12-24)30(26-15-17-27(18-16-26)31-29(35)36)19-8-20-32(22-30)21-23-9-6-5-7-10-23/h5-7,9-18,31H,3-4,8,19-22H2,1-2H3,(H,35,36). The van der Waals surface area contributed by atoms with Crippen LogP contribution in [-0.2, 0) is 12.0 Å². The van der Waals surface area contributed by atoms with E-state index in [1.54, 1.807) is 0 Å². The molecule has 188 valence electrons. The molecule has 0 aliphatic carbocycles. The lowest BCUT2D eigenvalue weighted by Crippen LogP contribution is -2.46. The zero-order valence-electron chi connectivity index (χ0n) is 21.1. The second-order valence-corrected chi connectivity index (χ2v) is 9.44. The van der Waals surface area contributed by atoms with Gasteiger partial charge in [0, 0.05) is 42.8 Å². The van der Waals surface area contributed by atoms with Crippen molar-refractivity contribution in [3.8, 4) is 0 Å². The third-order valence-electron chi connectivity index (χ3n) is 7.24. The molecule has 6 heteroatoms. The summed E-state index contributed by atoms with van der Waals surface area (Å²) in [6, 6.07) is 26.4. The molecule has 0 spiro atoms. The quantitative estimate of drug-likeness (QED) is 0.420. The van der Waals surface area contributed by atoms with Gasteiger partial charge in [0.2, 0.25) is 0 Å². The van der Waals surface area contributed by atoms with Gasteiger partial charge in [0.1, 0.15) is 0 Å². The van der Waals surface area contributed by atoms with Crippen molar-refractivity contribution < 1.29 is 14.7 Å². The van der Waals surface area contributed by atoms with Crippen LogP contribution in [0.15, 0.2) is 78.9 Å². The zero-order chi connectivity index (χ0) is 25.5. The van der Waals surface area contributed by atoms with E-state index in [-0.39, 0.29) is 11.3 Å². The lowest BCUT2D eigenvalue weighted by Gasteiger charge is -2.44. The first-order valence-corrected chi connectivity index (χ1v) is 12.7. The molecular formula is C30H35N3O3. The Hall–Kier alpha value is -3.64. The number of amides is 2. The van der Waals surface area contributed by atoms with Crippen LogP contribution in [-0.4, -0.2) is 53.1 Å². The maximum absolute atomic E-state index is 12.9. The minimum atomic E-state index is -1.07. The molecule has 0 bridgehead atoms. The van der Waals surface area contributed by atoms with Gasteiger partial charge in [-0.2, -0.15) is 0 Å². The molecule has 2 N–H and O–H groups in total. The second kappa shape index (κ2) is 11.4. The van der Waals surface area contributed by atoms with Crippen LogP contribution in [0.2, 0.25) is 0 Å². The van der Waals surface area contributed by atoms with Gasteiger partial charge in [0.25, 0.3) is 5.91 Å². The molecule has 1 aliphatic heterocycles. The molecule has 4 rings (SSSR count). The summed E-state index contributed by atoms with van der Waals surface area (Å²) in [4.78, 5) is 28.3. The Morgan fingerprint density at radius 1 is 0.917 bits per heavy atom. The number of piperidine rings is 1. The van der Waals surface area contributed by atoms with Gasteiger partial charge in [0.05, 0.1) is 0 Å². The fourth-order valence-electron chi connectivity index (χ4n) is 5.38. The SMILES string of the molecule is CCN(CC)C(=O)c1ccc(C2(c3ccc(NC(=O)O)cc3)CCCN(Cc3ccccc3)C2)cc1. The monoisotopic (exact) mass is 485 g/mol. The molecule has 3 aromatic rings. The number of benzene rings is 3. The van der Waals surface area contributed by atoms with Crippen LogP contribution in [0.25, 0.3) is 0 Å². The molecule has 1 atom stereocenters. The zero-order valence-corrected chi connectivity index (χ0v) is 21.1. The Balaban J connectivity index is 1.69. The minimum Gasteiger partial charge on any atom is -0.465 e. The summed E-state index contributed by atoms with van der Waals surface area (Å²) < 4.78 is 0. The van der Waals surface area contributed by atoms with Gasteiger partial charge in [-0.15, -0.1) is 0 Å². The predicted octanol–water partition coefficient (Wildman–Crippen LogP) is 5.84. The van der Waals surface area contributed by atoms with Crippen molar-refractivity contribution in [3.05, 3.63) is 101 Å². The topological polar surface area (TPSA) is 72.9 Å². The van der Waals surface area contributed by atoms with Crippen molar-refractivity contribution in [1.29, 1.82) is 0 Å². The lowest BCUT2D eigenvalue weighted by molar-refractivity contribution is 0.0773. The number of nitrogens with one attached hydrogen (secondary N) is 1. The maximum atomic E-state index is 12.9. The van der Waals surface area contributed by atoms with Gasteiger partial charge < -0.3 is 10.0 Å². The van der Waals surface area contributed by atoms with Crippen molar-refractivity contribution in [2.45, 2.75) is 38.6 Å². The minimum absolute atomic E-state index is 0.0547. The summed E-state index contributed by atoms with van der Waals surface area (Å²) in [5, 5.41) is 11.5. The Morgan fingerprint density at radius 3 is 2.11 bits per heavy atom. The third-order valence-corrected chi connectivity index (χ3v) is 7.24. The molecule has 1 aliphatic rings. The van der Waals surface area contributed by atoms with Gasteiger partial charge in [-0.05, 0) is 74.2 Å². The first-order chi connectivity index (χ1) is 17.4. The van der Waals surface area contributed by atoms with E-state index in [2.05, 4.69) is 46.6 Å². The summed E-state index contributed by atoms with van der Waals surface area (Å²) in [6.07, 6.45) is 0.952. The van der Waals surface area contributed by atoms with Crippen molar-refractivity contribution in [3.63, 3.8) is 0 Å². The van der Waals surface area contributed by atoms with Crippen LogP contribution >= 0.6 is 0 Å². The van der Waals surface area contributed by atoms with Crippen LogP contribution < -0.4 is 5.32 Å². The highest BCUT2D eigenvalue weighted by Gasteiger charge is 2.39. The molecule has 0 aromatic heterocycles. The van der Waals surface area contributed by atoms with Gasteiger partial charge in [-0.1, -0.05) is 54.6 Å². The largest absolute Gasteiger partial charge is 0.465 e. The Labute approximate surface area is 213 Å². The van der Waals surface area contributed by atoms with Crippen molar-refractivity contribution in [2.24, 2.45) is 0 Å². The maximum Gasteiger partial charge on any atom is 0.409 e. The molecule has 1 unspecified atom stereocenters. The number of anilines is 1. The van der Waals surface area contributed by atoms with E-state index >= 15 is 0 Å². The van der Waals surface area contributed by atoms with Gasteiger partial charge in [0.15, 0.2) is 0 Å². The molecule has 3 aromatic carbocycles. The van der Waals surface area contributed by atoms with Crippen LogP contribution in [0, 0.1) is 0 Å². The molecule has 1 heterocycles. The predicted molar refractivity (Wildman–Crippen MR) is 144 cm³/mol. The van der Waals surface area contributed by atoms with Crippen molar-refractivity contribution >= 4 is 17.7 Å². The van der Waals surface area contributed by atoms with E-state index in [4.69, 9.17) is 5.11 Å². The Bertz CT molecular complexity index is 1160. The number of hydrogen-bond acceptors (Lipinski definition) is 3. The number of carbonyl (C=O) groups is 2. The number of rotatable bonds is 8. The van der Waals surface area contributed by atoms with Crippen molar-refractivity contribution in [1.82, 2.24) is 9.80 Å². The molecule has 2 amide bonds. The van der Waals surface area contributed by atoms with Crippen LogP contribution in [0.4, 0.5) is 10.5 Å². The highest BCUT2D eigenvalue weighted by molar-refractivity contribution is 5.94. The fraction of sp³-hybridized carbons (Fsp3) is 0.333. The van der Waals surface area contributed by atoms with Crippen LogP contribution in [0.1, 0.15) is 53.7 Å². The van der Waals surface area contributed by atoms with E-state index in [9.17, 15) is 9.59 Å². The first kappa shape index (κ1) is 25.5. The molecule has 0 radical (unpaired) electrons. The molecular weight excluding hydrogens is 450 g/mol. The summed E-state index contributed by atoms with van der Waals surface area (Å²) in [6.45, 7) is 8.11. The number of nitrogens with zero attached hydrogens (tertiary/aromatic N) is 2. The van der Waals surface area contributed by atoms with E-state index in [1.807, 2.05) is 61.2 Å². The summed E-state index contributed by atoms with van der Waals surface area (Å²) in [5.41, 5.74) is 4.61. The normalized spacial score (nSPS) is 17.9. The summed E-state index contributed by atoms with van der Waals surface area (Å²) in [5.74, 6) is 0.0547. The first-order valence-electron chi connectivity index (χ1n) is 12.7. The molecule has 1 saturated heterocycles. The molecule has 1 fully saturated rings. The summed E-state index contributed by atoms with van der Waals surface area (Å²) >= 11 is 0. The van der Waals surface area contributed by atoms with E-state index in [0.717, 1.165) is 38.0 Å². The van der Waals surface area contributed by atoms with Gasteiger partial charge in [-0.3, -0.25) is 15.0 Å². The fourth-order valence-corrected chi connectivity index (χ4v) is 5.38. The Morgan fingerprint density at radius 2 is 1.53 bits per heavy atom. The average Bonchev–Trinajstić information content (AvgIpc) is 2.90. The van der Waals surface area contributed by atoms with E-state index in [0.29, 0.717) is 24.3 Å². The highest BCUT2D eigenvalue weighted by Crippen LogP contribution is 2.41. The summed E-state index contributed by atoms with van der Waals surface area (Å²) in [7, 11) is 0. The second-order valence-electron chi connectivity index (χ2n) is 9.44. The van der Waals surface area contributed by atoms with E-state index in [1.165, 1.54) is 11.1 Å². The lowest BCUT2D eigenvalue weighted by atomic mass is 9.69. The molecule has 0 saturated carbocycles. The van der Waals surface area contributed by atoms with Crippen molar-refractivity contribution in [2.75, 3.05) is 31.5 Å².